The van der Waals surface area contributed by atoms with Crippen molar-refractivity contribution in [1.82, 2.24) is 10.6 Å². The van der Waals surface area contributed by atoms with Crippen molar-refractivity contribution in [1.29, 1.82) is 0 Å². The SMILES string of the molecule is CCCCCCCNC(=S)NC(=O)COc1ccccc1C. The van der Waals surface area contributed by atoms with Crippen molar-refractivity contribution in [2.45, 2.75) is 46.0 Å². The van der Waals surface area contributed by atoms with E-state index in [-0.39, 0.29) is 12.5 Å². The molecule has 2 N–H and O–H groups in total. The molecule has 0 aliphatic rings. The molecular formula is C17H26N2O2S. The summed E-state index contributed by atoms with van der Waals surface area (Å²) in [6.07, 6.45) is 6.02. The van der Waals surface area contributed by atoms with E-state index >= 15 is 0 Å². The van der Waals surface area contributed by atoms with Gasteiger partial charge in [0, 0.05) is 6.54 Å². The largest absolute Gasteiger partial charge is 0.483 e. The summed E-state index contributed by atoms with van der Waals surface area (Å²) in [6.45, 7) is 4.89. The van der Waals surface area contributed by atoms with Crippen LogP contribution in [0.15, 0.2) is 24.3 Å². The van der Waals surface area contributed by atoms with Crippen LogP contribution in [0.5, 0.6) is 5.75 Å². The molecule has 0 unspecified atom stereocenters. The van der Waals surface area contributed by atoms with Crippen molar-refractivity contribution in [3.05, 3.63) is 29.8 Å². The average Bonchev–Trinajstić information content (AvgIpc) is 2.50. The molecule has 22 heavy (non-hydrogen) atoms. The van der Waals surface area contributed by atoms with E-state index in [2.05, 4.69) is 17.6 Å². The lowest BCUT2D eigenvalue weighted by Crippen LogP contribution is -2.41. The van der Waals surface area contributed by atoms with Crippen LogP contribution >= 0.6 is 12.2 Å². The lowest BCUT2D eigenvalue weighted by molar-refractivity contribution is -0.121. The van der Waals surface area contributed by atoms with Crippen LogP contribution in [0.25, 0.3) is 0 Å². The summed E-state index contributed by atoms with van der Waals surface area (Å²) in [6, 6.07) is 7.60. The summed E-state index contributed by atoms with van der Waals surface area (Å²) >= 11 is 5.09. The number of aryl methyl sites for hydroxylation is 1. The Balaban J connectivity index is 2.14. The maximum absolute atomic E-state index is 11.7. The molecule has 0 aromatic heterocycles. The molecule has 0 aliphatic heterocycles. The van der Waals surface area contributed by atoms with Gasteiger partial charge in [-0.25, -0.2) is 0 Å². The average molecular weight is 322 g/mol. The van der Waals surface area contributed by atoms with Gasteiger partial charge in [-0.2, -0.15) is 0 Å². The Morgan fingerprint density at radius 1 is 1.18 bits per heavy atom. The third kappa shape index (κ3) is 7.98. The van der Waals surface area contributed by atoms with Gasteiger partial charge in [0.25, 0.3) is 5.91 Å². The maximum atomic E-state index is 11.7. The van der Waals surface area contributed by atoms with E-state index in [9.17, 15) is 4.79 Å². The number of para-hydroxylation sites is 1. The number of carbonyl (C=O) groups is 1. The second-order valence-corrected chi connectivity index (χ2v) is 5.68. The van der Waals surface area contributed by atoms with E-state index in [0.717, 1.165) is 18.5 Å². The Hall–Kier alpha value is -1.62. The summed E-state index contributed by atoms with van der Waals surface area (Å²) in [5.41, 5.74) is 1.00. The maximum Gasteiger partial charge on any atom is 0.264 e. The van der Waals surface area contributed by atoms with Crippen LogP contribution in [-0.2, 0) is 4.79 Å². The van der Waals surface area contributed by atoms with Crippen LogP contribution < -0.4 is 15.4 Å². The Labute approximate surface area is 138 Å². The van der Waals surface area contributed by atoms with Crippen molar-refractivity contribution < 1.29 is 9.53 Å². The summed E-state index contributed by atoms with van der Waals surface area (Å²) in [4.78, 5) is 11.7. The molecule has 0 atom stereocenters. The first-order chi connectivity index (χ1) is 10.6. The Morgan fingerprint density at radius 2 is 1.91 bits per heavy atom. The van der Waals surface area contributed by atoms with Gasteiger partial charge in [-0.15, -0.1) is 0 Å². The molecular weight excluding hydrogens is 296 g/mol. The van der Waals surface area contributed by atoms with E-state index in [1.807, 2.05) is 31.2 Å². The molecule has 5 heteroatoms. The van der Waals surface area contributed by atoms with Crippen molar-refractivity contribution in [3.8, 4) is 5.75 Å². The van der Waals surface area contributed by atoms with Crippen molar-refractivity contribution in [3.63, 3.8) is 0 Å². The molecule has 1 rings (SSSR count). The highest BCUT2D eigenvalue weighted by Gasteiger charge is 2.06. The molecule has 1 amide bonds. The van der Waals surface area contributed by atoms with E-state index in [0.29, 0.717) is 10.9 Å². The number of benzene rings is 1. The van der Waals surface area contributed by atoms with E-state index in [4.69, 9.17) is 17.0 Å². The molecule has 4 nitrogen and oxygen atoms in total. The molecule has 0 saturated carbocycles. The lowest BCUT2D eigenvalue weighted by atomic mass is 10.1. The van der Waals surface area contributed by atoms with Crippen molar-refractivity contribution in [2.75, 3.05) is 13.2 Å². The molecule has 0 aliphatic carbocycles. The predicted molar refractivity (Wildman–Crippen MR) is 94.2 cm³/mol. The normalized spacial score (nSPS) is 10.1. The second-order valence-electron chi connectivity index (χ2n) is 5.27. The Morgan fingerprint density at radius 3 is 2.64 bits per heavy atom. The molecule has 0 saturated heterocycles. The van der Waals surface area contributed by atoms with Crippen LogP contribution in [0.3, 0.4) is 0 Å². The number of rotatable bonds is 9. The lowest BCUT2D eigenvalue weighted by Gasteiger charge is -2.11. The standard InChI is InChI=1S/C17H26N2O2S/c1-3-4-5-6-9-12-18-17(22)19-16(20)13-21-15-11-8-7-10-14(15)2/h7-8,10-11H,3-6,9,12-13H2,1-2H3,(H2,18,19,20,22). The van der Waals surface area contributed by atoms with Gasteiger partial charge in [0.2, 0.25) is 0 Å². The van der Waals surface area contributed by atoms with Gasteiger partial charge in [-0.3, -0.25) is 4.79 Å². The molecule has 122 valence electrons. The van der Waals surface area contributed by atoms with Gasteiger partial charge in [0.05, 0.1) is 0 Å². The fraction of sp³-hybridized carbons (Fsp3) is 0.529. The smallest absolute Gasteiger partial charge is 0.264 e. The van der Waals surface area contributed by atoms with Gasteiger partial charge >= 0.3 is 0 Å². The number of hydrogen-bond acceptors (Lipinski definition) is 3. The van der Waals surface area contributed by atoms with E-state index < -0.39 is 0 Å². The summed E-state index contributed by atoms with van der Waals surface area (Å²) in [5.74, 6) is 0.471. The van der Waals surface area contributed by atoms with E-state index in [1.54, 1.807) is 0 Å². The first-order valence-corrected chi connectivity index (χ1v) is 8.30. The fourth-order valence-corrected chi connectivity index (χ4v) is 2.21. The molecule has 1 aromatic carbocycles. The second kappa shape index (κ2) is 11.0. The minimum atomic E-state index is -0.244. The van der Waals surface area contributed by atoms with Gasteiger partial charge in [-0.05, 0) is 37.2 Å². The molecule has 0 radical (unpaired) electrons. The highest BCUT2D eigenvalue weighted by molar-refractivity contribution is 7.80. The number of thiocarbonyl (C=S) groups is 1. The summed E-state index contributed by atoms with van der Waals surface area (Å²) in [5, 5.41) is 6.04. The van der Waals surface area contributed by atoms with Crippen LogP contribution in [0.4, 0.5) is 0 Å². The number of unbranched alkanes of at least 4 members (excludes halogenated alkanes) is 4. The quantitative estimate of drug-likeness (QED) is 0.541. The highest BCUT2D eigenvalue weighted by Crippen LogP contribution is 2.15. The highest BCUT2D eigenvalue weighted by atomic mass is 32.1. The van der Waals surface area contributed by atoms with Crippen molar-refractivity contribution in [2.24, 2.45) is 0 Å². The number of carbonyl (C=O) groups excluding carboxylic acids is 1. The fourth-order valence-electron chi connectivity index (χ4n) is 2.00. The third-order valence-corrected chi connectivity index (χ3v) is 3.52. The molecule has 0 spiro atoms. The topological polar surface area (TPSA) is 50.4 Å². The zero-order valence-electron chi connectivity index (χ0n) is 13.5. The zero-order valence-corrected chi connectivity index (χ0v) is 14.3. The van der Waals surface area contributed by atoms with Gasteiger partial charge in [-0.1, -0.05) is 50.8 Å². The number of ether oxygens (including phenoxy) is 1. The zero-order chi connectivity index (χ0) is 16.2. The molecule has 1 aromatic rings. The predicted octanol–water partition coefficient (Wildman–Crippen LogP) is 3.33. The third-order valence-electron chi connectivity index (χ3n) is 3.27. The molecule has 0 heterocycles. The van der Waals surface area contributed by atoms with Crippen LogP contribution in [0.2, 0.25) is 0 Å². The van der Waals surface area contributed by atoms with Gasteiger partial charge in [0.1, 0.15) is 5.75 Å². The Bertz CT molecular complexity index is 477. The number of nitrogens with one attached hydrogen (secondary N) is 2. The number of hydrogen-bond donors (Lipinski definition) is 2. The molecule has 0 fully saturated rings. The van der Waals surface area contributed by atoms with Crippen LogP contribution in [0, 0.1) is 6.92 Å². The minimum absolute atomic E-state index is 0.0385. The minimum Gasteiger partial charge on any atom is -0.483 e. The Kier molecular flexibility index (Phi) is 9.23. The first kappa shape index (κ1) is 18.4. The summed E-state index contributed by atoms with van der Waals surface area (Å²) < 4.78 is 5.47. The van der Waals surface area contributed by atoms with Gasteiger partial charge in [0.15, 0.2) is 11.7 Å². The number of amides is 1. The van der Waals surface area contributed by atoms with E-state index in [1.165, 1.54) is 25.7 Å². The first-order valence-electron chi connectivity index (χ1n) is 7.89. The monoisotopic (exact) mass is 322 g/mol. The summed E-state index contributed by atoms with van der Waals surface area (Å²) in [7, 11) is 0. The van der Waals surface area contributed by atoms with Crippen LogP contribution in [0.1, 0.15) is 44.6 Å². The van der Waals surface area contributed by atoms with Gasteiger partial charge < -0.3 is 15.4 Å². The van der Waals surface area contributed by atoms with Crippen LogP contribution in [-0.4, -0.2) is 24.2 Å². The molecule has 0 bridgehead atoms. The van der Waals surface area contributed by atoms with Crippen molar-refractivity contribution >= 4 is 23.2 Å².